The van der Waals surface area contributed by atoms with Crippen LogP contribution >= 0.6 is 28.3 Å². The van der Waals surface area contributed by atoms with Crippen molar-refractivity contribution in [3.8, 4) is 5.75 Å². The maximum absolute atomic E-state index is 12.0. The summed E-state index contributed by atoms with van der Waals surface area (Å²) in [6.45, 7) is 2.22. The van der Waals surface area contributed by atoms with Gasteiger partial charge in [0.15, 0.2) is 0 Å². The van der Waals surface area contributed by atoms with Crippen LogP contribution in [0.25, 0.3) is 0 Å². The number of carbonyl (C=O) groups excluding carboxylic acids is 1. The Hall–Kier alpha value is -0.820. The molecule has 0 aliphatic carbocycles. The van der Waals surface area contributed by atoms with Crippen molar-refractivity contribution >= 4 is 39.9 Å². The van der Waals surface area contributed by atoms with E-state index in [0.717, 1.165) is 11.0 Å². The smallest absolute Gasteiger partial charge is 0.227 e. The van der Waals surface area contributed by atoms with E-state index in [2.05, 4.69) is 26.6 Å². The van der Waals surface area contributed by atoms with Crippen LogP contribution in [-0.2, 0) is 9.53 Å². The fraction of sp³-hybridized carbons (Fsp3) is 0.462. The number of methoxy groups -OCH3 is 1. The number of benzene rings is 1. The predicted molar refractivity (Wildman–Crippen MR) is 83.8 cm³/mol. The number of ether oxygens (including phenoxy) is 2. The van der Waals surface area contributed by atoms with E-state index in [1.165, 1.54) is 0 Å². The van der Waals surface area contributed by atoms with Gasteiger partial charge in [-0.15, -0.1) is 12.4 Å². The minimum Gasteiger partial charge on any atom is -0.497 e. The van der Waals surface area contributed by atoms with Crippen LogP contribution < -0.4 is 15.4 Å². The van der Waals surface area contributed by atoms with Crippen LogP contribution in [0.5, 0.6) is 5.75 Å². The van der Waals surface area contributed by atoms with E-state index in [-0.39, 0.29) is 24.4 Å². The largest absolute Gasteiger partial charge is 0.497 e. The van der Waals surface area contributed by atoms with Crippen molar-refractivity contribution in [3.05, 3.63) is 22.7 Å². The maximum Gasteiger partial charge on any atom is 0.227 e. The molecule has 2 rings (SSSR count). The molecule has 1 aliphatic rings. The molecule has 0 aromatic heterocycles. The van der Waals surface area contributed by atoms with Gasteiger partial charge in [-0.05, 0) is 28.1 Å². The zero-order chi connectivity index (χ0) is 13.7. The first-order chi connectivity index (χ1) is 9.19. The molecule has 0 spiro atoms. The zero-order valence-corrected chi connectivity index (χ0v) is 13.6. The molecule has 1 saturated heterocycles. The molecule has 1 aromatic carbocycles. The molecule has 112 valence electrons. The van der Waals surface area contributed by atoms with Gasteiger partial charge in [0, 0.05) is 23.6 Å². The summed E-state index contributed by atoms with van der Waals surface area (Å²) in [4.78, 5) is 12.0. The quantitative estimate of drug-likeness (QED) is 0.859. The average Bonchev–Trinajstić information content (AvgIpc) is 2.42. The van der Waals surface area contributed by atoms with Gasteiger partial charge >= 0.3 is 0 Å². The van der Waals surface area contributed by atoms with Gasteiger partial charge in [-0.25, -0.2) is 0 Å². The molecule has 1 unspecified atom stereocenters. The topological polar surface area (TPSA) is 59.6 Å². The highest BCUT2D eigenvalue weighted by atomic mass is 79.9. The molecule has 1 aliphatic heterocycles. The fourth-order valence-electron chi connectivity index (χ4n) is 1.89. The van der Waals surface area contributed by atoms with Gasteiger partial charge in [0.2, 0.25) is 5.91 Å². The van der Waals surface area contributed by atoms with E-state index >= 15 is 0 Å². The summed E-state index contributed by atoms with van der Waals surface area (Å²) in [5.74, 6) is 0.636. The third-order valence-electron chi connectivity index (χ3n) is 2.87. The number of nitrogens with one attached hydrogen (secondary N) is 2. The summed E-state index contributed by atoms with van der Waals surface area (Å²) in [7, 11) is 1.59. The number of morpholine rings is 1. The lowest BCUT2D eigenvalue weighted by Gasteiger charge is -2.23. The number of amides is 1. The Morgan fingerprint density at radius 1 is 1.60 bits per heavy atom. The molecule has 0 radical (unpaired) electrons. The molecular formula is C13H18BrClN2O3. The third kappa shape index (κ3) is 4.94. The van der Waals surface area contributed by atoms with E-state index in [1.54, 1.807) is 13.2 Å². The zero-order valence-electron chi connectivity index (χ0n) is 11.1. The number of rotatable bonds is 4. The van der Waals surface area contributed by atoms with Crippen LogP contribution in [-0.4, -0.2) is 38.8 Å². The molecule has 1 aromatic rings. The Bertz CT molecular complexity index is 453. The summed E-state index contributed by atoms with van der Waals surface area (Å²) < 4.78 is 11.5. The molecule has 7 heteroatoms. The summed E-state index contributed by atoms with van der Waals surface area (Å²) in [5, 5.41) is 6.06. The van der Waals surface area contributed by atoms with Crippen LogP contribution in [0, 0.1) is 0 Å². The Morgan fingerprint density at radius 3 is 3.05 bits per heavy atom. The standard InChI is InChI=1S/C13H17BrN2O3.ClH/c1-18-9-2-3-11(14)12(6-9)16-13(17)7-10-8-15-4-5-19-10;/h2-3,6,10,15H,4-5,7-8H2,1H3,(H,16,17);1H. The van der Waals surface area contributed by atoms with Crippen molar-refractivity contribution in [3.63, 3.8) is 0 Å². The van der Waals surface area contributed by atoms with Crippen LogP contribution in [0.2, 0.25) is 0 Å². The lowest BCUT2D eigenvalue weighted by Crippen LogP contribution is -2.40. The van der Waals surface area contributed by atoms with Gasteiger partial charge in [-0.2, -0.15) is 0 Å². The van der Waals surface area contributed by atoms with Crippen molar-refractivity contribution in [2.75, 3.05) is 32.1 Å². The second-order valence-electron chi connectivity index (χ2n) is 4.30. The van der Waals surface area contributed by atoms with Gasteiger partial charge in [0.1, 0.15) is 5.75 Å². The van der Waals surface area contributed by atoms with E-state index in [4.69, 9.17) is 9.47 Å². The van der Waals surface area contributed by atoms with E-state index in [0.29, 0.717) is 31.0 Å². The Labute approximate surface area is 132 Å². The SMILES string of the molecule is COc1ccc(Br)c(NC(=O)CC2CNCCO2)c1.Cl. The molecule has 2 N–H and O–H groups in total. The van der Waals surface area contributed by atoms with E-state index < -0.39 is 0 Å². The van der Waals surface area contributed by atoms with Gasteiger partial charge < -0.3 is 20.1 Å². The van der Waals surface area contributed by atoms with E-state index in [9.17, 15) is 4.79 Å². The van der Waals surface area contributed by atoms with Crippen molar-refractivity contribution in [2.45, 2.75) is 12.5 Å². The minimum atomic E-state index is -0.0670. The number of halogens is 2. The second-order valence-corrected chi connectivity index (χ2v) is 5.15. The maximum atomic E-state index is 12.0. The Balaban J connectivity index is 0.00000200. The van der Waals surface area contributed by atoms with Crippen molar-refractivity contribution in [2.24, 2.45) is 0 Å². The van der Waals surface area contributed by atoms with Gasteiger partial charge in [0.05, 0.1) is 31.9 Å². The lowest BCUT2D eigenvalue weighted by molar-refractivity contribution is -0.119. The molecule has 1 atom stereocenters. The predicted octanol–water partition coefficient (Wildman–Crippen LogP) is 2.20. The third-order valence-corrected chi connectivity index (χ3v) is 3.56. The monoisotopic (exact) mass is 364 g/mol. The number of hydrogen-bond acceptors (Lipinski definition) is 4. The molecule has 20 heavy (non-hydrogen) atoms. The summed E-state index contributed by atoms with van der Waals surface area (Å²) in [5.41, 5.74) is 0.702. The highest BCUT2D eigenvalue weighted by Crippen LogP contribution is 2.27. The first kappa shape index (κ1) is 17.2. The number of anilines is 1. The van der Waals surface area contributed by atoms with Crippen LogP contribution in [0.3, 0.4) is 0 Å². The van der Waals surface area contributed by atoms with Gasteiger partial charge in [-0.1, -0.05) is 0 Å². The van der Waals surface area contributed by atoms with Crippen molar-refractivity contribution in [1.82, 2.24) is 5.32 Å². The number of carbonyl (C=O) groups is 1. The number of hydrogen-bond donors (Lipinski definition) is 2. The average molecular weight is 366 g/mol. The highest BCUT2D eigenvalue weighted by Gasteiger charge is 2.18. The minimum absolute atomic E-state index is 0. The normalized spacial score (nSPS) is 18.0. The van der Waals surface area contributed by atoms with Gasteiger partial charge in [0.25, 0.3) is 0 Å². The highest BCUT2D eigenvalue weighted by molar-refractivity contribution is 9.10. The molecule has 5 nitrogen and oxygen atoms in total. The Kier molecular flexibility index (Phi) is 7.29. The Morgan fingerprint density at radius 2 is 2.40 bits per heavy atom. The molecule has 1 amide bonds. The molecule has 1 fully saturated rings. The first-order valence-electron chi connectivity index (χ1n) is 6.15. The molecule has 0 saturated carbocycles. The lowest BCUT2D eigenvalue weighted by atomic mass is 10.2. The van der Waals surface area contributed by atoms with Crippen LogP contribution in [0.4, 0.5) is 5.69 Å². The van der Waals surface area contributed by atoms with Crippen molar-refractivity contribution in [1.29, 1.82) is 0 Å². The van der Waals surface area contributed by atoms with Gasteiger partial charge in [-0.3, -0.25) is 4.79 Å². The van der Waals surface area contributed by atoms with E-state index in [1.807, 2.05) is 12.1 Å². The first-order valence-corrected chi connectivity index (χ1v) is 6.94. The summed E-state index contributed by atoms with van der Waals surface area (Å²) in [6, 6.07) is 5.45. The van der Waals surface area contributed by atoms with Crippen LogP contribution in [0.15, 0.2) is 22.7 Å². The van der Waals surface area contributed by atoms with Crippen molar-refractivity contribution < 1.29 is 14.3 Å². The molecule has 1 heterocycles. The summed E-state index contributed by atoms with van der Waals surface area (Å²) in [6.07, 6.45) is 0.287. The molecule has 0 bridgehead atoms. The van der Waals surface area contributed by atoms with Crippen LogP contribution in [0.1, 0.15) is 6.42 Å². The summed E-state index contributed by atoms with van der Waals surface area (Å²) >= 11 is 3.40. The second kappa shape index (κ2) is 8.46. The molecular weight excluding hydrogens is 348 g/mol. The fourth-order valence-corrected chi connectivity index (χ4v) is 2.23.